The summed E-state index contributed by atoms with van der Waals surface area (Å²) in [4.78, 5) is 10.2. The van der Waals surface area contributed by atoms with Gasteiger partial charge in [-0.1, -0.05) is 26.8 Å². The lowest BCUT2D eigenvalue weighted by molar-refractivity contribution is 0.177. The van der Waals surface area contributed by atoms with E-state index in [1.807, 2.05) is 13.0 Å². The van der Waals surface area contributed by atoms with Crippen molar-refractivity contribution in [1.82, 2.24) is 9.97 Å². The fraction of sp³-hybridized carbons (Fsp3) is 0.500. The SMILES string of the molecule is COCc1nc(C)cc(NC(c2cccs2)C(C)(C)C)n1. The van der Waals surface area contributed by atoms with E-state index in [9.17, 15) is 0 Å². The molecule has 0 aliphatic heterocycles. The first-order valence-electron chi connectivity index (χ1n) is 7.03. The summed E-state index contributed by atoms with van der Waals surface area (Å²) in [5, 5.41) is 5.67. The molecule has 5 heteroatoms. The molecule has 2 rings (SSSR count). The molecule has 114 valence electrons. The standard InChI is InChI=1S/C16H23N3OS/c1-11-9-13(18-14(17-11)10-20-5)19-15(16(2,3)4)12-7-6-8-21-12/h6-9,15H,10H2,1-5H3,(H,17,18,19). The van der Waals surface area contributed by atoms with E-state index in [2.05, 4.69) is 53.6 Å². The summed E-state index contributed by atoms with van der Waals surface area (Å²) in [6.45, 7) is 9.09. The van der Waals surface area contributed by atoms with Crippen molar-refractivity contribution >= 4 is 17.2 Å². The van der Waals surface area contributed by atoms with Crippen LogP contribution in [-0.4, -0.2) is 17.1 Å². The minimum atomic E-state index is 0.0884. The summed E-state index contributed by atoms with van der Waals surface area (Å²) in [6.07, 6.45) is 0. The zero-order valence-electron chi connectivity index (χ0n) is 13.3. The zero-order valence-corrected chi connectivity index (χ0v) is 14.1. The molecule has 2 aromatic rings. The van der Waals surface area contributed by atoms with Gasteiger partial charge in [0.15, 0.2) is 5.82 Å². The highest BCUT2D eigenvalue weighted by Gasteiger charge is 2.27. The molecule has 0 radical (unpaired) electrons. The van der Waals surface area contributed by atoms with Gasteiger partial charge in [-0.3, -0.25) is 0 Å². The normalized spacial score (nSPS) is 13.2. The first kappa shape index (κ1) is 15.9. The number of ether oxygens (including phenoxy) is 1. The van der Waals surface area contributed by atoms with Crippen LogP contribution in [0.25, 0.3) is 0 Å². The first-order chi connectivity index (χ1) is 9.90. The fourth-order valence-electron chi connectivity index (χ4n) is 2.22. The summed E-state index contributed by atoms with van der Waals surface area (Å²) in [5.41, 5.74) is 1.03. The second-order valence-corrected chi connectivity index (χ2v) is 7.18. The van der Waals surface area contributed by atoms with Crippen LogP contribution in [0.3, 0.4) is 0 Å². The highest BCUT2D eigenvalue weighted by Crippen LogP contribution is 2.37. The third kappa shape index (κ3) is 4.25. The van der Waals surface area contributed by atoms with E-state index in [1.165, 1.54) is 4.88 Å². The van der Waals surface area contributed by atoms with Crippen molar-refractivity contribution in [3.8, 4) is 0 Å². The monoisotopic (exact) mass is 305 g/mol. The molecule has 2 heterocycles. The Bertz CT molecular complexity index is 576. The van der Waals surface area contributed by atoms with Crippen molar-refractivity contribution in [2.24, 2.45) is 5.41 Å². The Labute approximate surface area is 130 Å². The van der Waals surface area contributed by atoms with E-state index in [-0.39, 0.29) is 11.5 Å². The third-order valence-corrected chi connectivity index (χ3v) is 4.10. The van der Waals surface area contributed by atoms with Crippen molar-refractivity contribution in [2.75, 3.05) is 12.4 Å². The molecule has 4 nitrogen and oxygen atoms in total. The zero-order chi connectivity index (χ0) is 15.5. The largest absolute Gasteiger partial charge is 0.377 e. The van der Waals surface area contributed by atoms with Crippen molar-refractivity contribution < 1.29 is 4.74 Å². The Morgan fingerprint density at radius 2 is 2.10 bits per heavy atom. The van der Waals surface area contributed by atoms with Crippen molar-refractivity contribution in [3.63, 3.8) is 0 Å². The van der Waals surface area contributed by atoms with Crippen LogP contribution in [-0.2, 0) is 11.3 Å². The van der Waals surface area contributed by atoms with Crippen LogP contribution >= 0.6 is 11.3 Å². The number of anilines is 1. The van der Waals surface area contributed by atoms with Gasteiger partial charge in [-0.15, -0.1) is 11.3 Å². The molecule has 0 bridgehead atoms. The molecule has 0 aromatic carbocycles. The highest BCUT2D eigenvalue weighted by molar-refractivity contribution is 7.10. The molecule has 21 heavy (non-hydrogen) atoms. The summed E-state index contributed by atoms with van der Waals surface area (Å²) in [6, 6.07) is 6.44. The fourth-order valence-corrected chi connectivity index (χ4v) is 3.24. The molecule has 1 unspecified atom stereocenters. The number of rotatable bonds is 5. The summed E-state index contributed by atoms with van der Waals surface area (Å²) in [7, 11) is 1.66. The molecule has 0 amide bonds. The van der Waals surface area contributed by atoms with Crippen LogP contribution in [0.5, 0.6) is 0 Å². The predicted octanol–water partition coefficient (Wildman–Crippen LogP) is 4.19. The van der Waals surface area contributed by atoms with Crippen LogP contribution in [0, 0.1) is 12.3 Å². The topological polar surface area (TPSA) is 47.0 Å². The molecule has 0 aliphatic rings. The average Bonchev–Trinajstić information content (AvgIpc) is 2.87. The maximum atomic E-state index is 5.13. The second-order valence-electron chi connectivity index (χ2n) is 6.20. The Morgan fingerprint density at radius 1 is 1.33 bits per heavy atom. The number of nitrogens with zero attached hydrogens (tertiary/aromatic N) is 2. The van der Waals surface area contributed by atoms with Gasteiger partial charge in [0.1, 0.15) is 12.4 Å². The lowest BCUT2D eigenvalue weighted by Gasteiger charge is -2.31. The first-order valence-corrected chi connectivity index (χ1v) is 7.91. The van der Waals surface area contributed by atoms with Crippen molar-refractivity contribution in [1.29, 1.82) is 0 Å². The van der Waals surface area contributed by atoms with Crippen LogP contribution in [0.15, 0.2) is 23.6 Å². The minimum absolute atomic E-state index is 0.0884. The van der Waals surface area contributed by atoms with Crippen LogP contribution in [0.4, 0.5) is 5.82 Å². The van der Waals surface area contributed by atoms with Crippen LogP contribution < -0.4 is 5.32 Å². The van der Waals surface area contributed by atoms with Gasteiger partial charge in [0.2, 0.25) is 0 Å². The van der Waals surface area contributed by atoms with Gasteiger partial charge in [-0.2, -0.15) is 0 Å². The van der Waals surface area contributed by atoms with Gasteiger partial charge in [0.25, 0.3) is 0 Å². The van der Waals surface area contributed by atoms with E-state index in [4.69, 9.17) is 4.74 Å². The maximum Gasteiger partial charge on any atom is 0.156 e. The minimum Gasteiger partial charge on any atom is -0.377 e. The van der Waals surface area contributed by atoms with Crippen molar-refractivity contribution in [2.45, 2.75) is 40.3 Å². The molecule has 1 N–H and O–H groups in total. The molecular weight excluding hydrogens is 282 g/mol. The van der Waals surface area contributed by atoms with E-state index < -0.39 is 0 Å². The number of hydrogen-bond acceptors (Lipinski definition) is 5. The Kier molecular flexibility index (Phi) is 4.96. The molecular formula is C16H23N3OS. The molecule has 0 aliphatic carbocycles. The second kappa shape index (κ2) is 6.54. The number of hydrogen-bond donors (Lipinski definition) is 1. The van der Waals surface area contributed by atoms with E-state index in [0.29, 0.717) is 12.4 Å². The van der Waals surface area contributed by atoms with Gasteiger partial charge >= 0.3 is 0 Å². The van der Waals surface area contributed by atoms with Gasteiger partial charge in [-0.05, 0) is 23.8 Å². The maximum absolute atomic E-state index is 5.13. The van der Waals surface area contributed by atoms with Gasteiger partial charge < -0.3 is 10.1 Å². The number of methoxy groups -OCH3 is 1. The van der Waals surface area contributed by atoms with Gasteiger partial charge in [-0.25, -0.2) is 9.97 Å². The number of thiophene rings is 1. The summed E-state index contributed by atoms with van der Waals surface area (Å²) >= 11 is 1.77. The molecule has 2 aromatic heterocycles. The smallest absolute Gasteiger partial charge is 0.156 e. The lowest BCUT2D eigenvalue weighted by Crippen LogP contribution is -2.25. The molecule has 0 fully saturated rings. The molecule has 0 spiro atoms. The van der Waals surface area contributed by atoms with E-state index in [1.54, 1.807) is 18.4 Å². The summed E-state index contributed by atoms with van der Waals surface area (Å²) in [5.74, 6) is 1.56. The van der Waals surface area contributed by atoms with Crippen LogP contribution in [0.2, 0.25) is 0 Å². The van der Waals surface area contributed by atoms with Gasteiger partial charge in [0, 0.05) is 23.7 Å². The summed E-state index contributed by atoms with van der Waals surface area (Å²) < 4.78 is 5.13. The lowest BCUT2D eigenvalue weighted by atomic mass is 9.86. The molecule has 1 atom stereocenters. The Hall–Kier alpha value is -1.46. The third-order valence-electron chi connectivity index (χ3n) is 3.16. The number of aromatic nitrogens is 2. The highest BCUT2D eigenvalue weighted by atomic mass is 32.1. The average molecular weight is 305 g/mol. The molecule has 0 saturated carbocycles. The number of aryl methyl sites for hydroxylation is 1. The number of nitrogens with one attached hydrogen (secondary N) is 1. The predicted molar refractivity (Wildman–Crippen MR) is 87.6 cm³/mol. The van der Waals surface area contributed by atoms with Crippen molar-refractivity contribution in [3.05, 3.63) is 40.0 Å². The van der Waals surface area contributed by atoms with Gasteiger partial charge in [0.05, 0.1) is 6.04 Å². The van der Waals surface area contributed by atoms with E-state index >= 15 is 0 Å². The van der Waals surface area contributed by atoms with Crippen LogP contribution in [0.1, 0.15) is 43.2 Å². The molecule has 0 saturated heterocycles. The quantitative estimate of drug-likeness (QED) is 0.899. The van der Waals surface area contributed by atoms with E-state index in [0.717, 1.165) is 11.5 Å². The Morgan fingerprint density at radius 3 is 2.67 bits per heavy atom. The Balaban J connectivity index is 2.29.